The Labute approximate surface area is 141 Å². The van der Waals surface area contributed by atoms with Gasteiger partial charge in [0.05, 0.1) is 31.8 Å². The second-order valence-corrected chi connectivity index (χ2v) is 5.98. The lowest BCUT2D eigenvalue weighted by atomic mass is 10.1. The Bertz CT molecular complexity index is 659. The van der Waals surface area contributed by atoms with E-state index in [0.717, 1.165) is 17.8 Å². The van der Waals surface area contributed by atoms with Crippen molar-refractivity contribution in [2.24, 2.45) is 5.92 Å². The summed E-state index contributed by atoms with van der Waals surface area (Å²) >= 11 is 0. The van der Waals surface area contributed by atoms with E-state index >= 15 is 0 Å². The third kappa shape index (κ3) is 4.18. The monoisotopic (exact) mass is 330 g/mol. The van der Waals surface area contributed by atoms with Crippen molar-refractivity contribution in [2.45, 2.75) is 19.7 Å². The highest BCUT2D eigenvalue weighted by molar-refractivity contribution is 5.77. The van der Waals surface area contributed by atoms with Gasteiger partial charge in [-0.1, -0.05) is 0 Å². The minimum atomic E-state index is -0.00807. The summed E-state index contributed by atoms with van der Waals surface area (Å²) in [7, 11) is 1.54. The lowest BCUT2D eigenvalue weighted by Crippen LogP contribution is -2.37. The van der Waals surface area contributed by atoms with Gasteiger partial charge in [-0.3, -0.25) is 9.78 Å². The Morgan fingerprint density at radius 3 is 2.92 bits per heavy atom. The lowest BCUT2D eigenvalue weighted by Gasteiger charge is -2.24. The fraction of sp³-hybridized carbons (Fsp3) is 0.471. The molecule has 0 saturated carbocycles. The molecule has 1 atom stereocenters. The molecule has 1 aliphatic rings. The third-order valence-corrected chi connectivity index (χ3v) is 4.08. The smallest absolute Gasteiger partial charge is 0.248 e. The number of ether oxygens (including phenoxy) is 2. The number of rotatable bonds is 6. The number of methoxy groups -OCH3 is 1. The van der Waals surface area contributed by atoms with E-state index in [9.17, 15) is 4.79 Å². The highest BCUT2D eigenvalue weighted by Gasteiger charge is 2.25. The number of pyridine rings is 1. The van der Waals surface area contributed by atoms with Crippen LogP contribution in [0.25, 0.3) is 0 Å². The van der Waals surface area contributed by atoms with E-state index in [2.05, 4.69) is 14.5 Å². The van der Waals surface area contributed by atoms with Gasteiger partial charge in [0.15, 0.2) is 0 Å². The predicted octanol–water partition coefficient (Wildman–Crippen LogP) is 1.10. The Kier molecular flexibility index (Phi) is 5.55. The molecule has 0 spiro atoms. The van der Waals surface area contributed by atoms with Gasteiger partial charge in [-0.25, -0.2) is 4.98 Å². The summed E-state index contributed by atoms with van der Waals surface area (Å²) in [5, 5.41) is 0. The number of aromatic nitrogens is 3. The maximum Gasteiger partial charge on any atom is 0.248 e. The first-order chi connectivity index (χ1) is 11.8. The molecule has 0 aromatic carbocycles. The normalized spacial score (nSPS) is 17.4. The third-order valence-electron chi connectivity index (χ3n) is 4.08. The van der Waals surface area contributed by atoms with Gasteiger partial charge in [0, 0.05) is 44.7 Å². The summed E-state index contributed by atoms with van der Waals surface area (Å²) in [6.45, 7) is 3.23. The van der Waals surface area contributed by atoms with Crippen molar-refractivity contribution in [3.05, 3.63) is 48.3 Å². The number of hydrogen-bond donors (Lipinski definition) is 0. The van der Waals surface area contributed by atoms with Gasteiger partial charge in [0.25, 0.3) is 0 Å². The molecule has 3 rings (SSSR count). The van der Waals surface area contributed by atoms with Crippen LogP contribution in [0.4, 0.5) is 0 Å². The Morgan fingerprint density at radius 1 is 1.29 bits per heavy atom. The van der Waals surface area contributed by atoms with Gasteiger partial charge in [-0.2, -0.15) is 0 Å². The molecule has 0 N–H and O–H groups in total. The van der Waals surface area contributed by atoms with Crippen LogP contribution in [0.1, 0.15) is 11.3 Å². The molecule has 7 nitrogen and oxygen atoms in total. The first-order valence-corrected chi connectivity index (χ1v) is 7.98. The topological polar surface area (TPSA) is 69.5 Å². The number of hydrogen-bond acceptors (Lipinski definition) is 5. The van der Waals surface area contributed by atoms with Crippen LogP contribution in [0.3, 0.4) is 0 Å². The number of nitrogens with zero attached hydrogens (tertiary/aromatic N) is 4. The highest BCUT2D eigenvalue weighted by Crippen LogP contribution is 2.17. The van der Waals surface area contributed by atoms with Crippen molar-refractivity contribution in [1.29, 1.82) is 0 Å². The predicted molar refractivity (Wildman–Crippen MR) is 86.9 cm³/mol. The zero-order valence-corrected chi connectivity index (χ0v) is 13.8. The van der Waals surface area contributed by atoms with Crippen LogP contribution in [-0.2, 0) is 34.0 Å². The van der Waals surface area contributed by atoms with Crippen LogP contribution in [0.2, 0.25) is 0 Å². The number of carbonyl (C=O) groups excluding carboxylic acids is 1. The SMILES string of the molecule is COCC(=O)N1Cc2cncn2C[C@H](COCc2ccncc2)C1. The van der Waals surface area contributed by atoms with E-state index in [-0.39, 0.29) is 18.4 Å². The Hall–Kier alpha value is -2.25. The van der Waals surface area contributed by atoms with Crippen LogP contribution in [0, 0.1) is 5.92 Å². The number of amides is 1. The van der Waals surface area contributed by atoms with Gasteiger partial charge in [0.2, 0.25) is 5.91 Å². The maximum absolute atomic E-state index is 12.2. The minimum Gasteiger partial charge on any atom is -0.376 e. The van der Waals surface area contributed by atoms with Gasteiger partial charge in [-0.15, -0.1) is 0 Å². The first-order valence-electron chi connectivity index (χ1n) is 7.98. The van der Waals surface area contributed by atoms with Crippen LogP contribution >= 0.6 is 0 Å². The van der Waals surface area contributed by atoms with E-state index in [4.69, 9.17) is 9.47 Å². The number of fused-ring (bicyclic) bond motifs is 1. The van der Waals surface area contributed by atoms with Crippen LogP contribution in [-0.4, -0.2) is 52.2 Å². The standard InChI is InChI=1S/C17H22N4O3/c1-23-12-17(22)20-7-15(8-21-13-19-6-16(21)9-20)11-24-10-14-2-4-18-5-3-14/h2-6,13,15H,7-12H2,1H3/t15-/m1/s1. The summed E-state index contributed by atoms with van der Waals surface area (Å²) in [5.74, 6) is 0.203. The summed E-state index contributed by atoms with van der Waals surface area (Å²) in [6.07, 6.45) is 7.14. The second kappa shape index (κ2) is 8.03. The summed E-state index contributed by atoms with van der Waals surface area (Å²) in [5.41, 5.74) is 2.13. The van der Waals surface area contributed by atoms with E-state index in [0.29, 0.717) is 26.3 Å². The first kappa shape index (κ1) is 16.6. The minimum absolute atomic E-state index is 0.00807. The van der Waals surface area contributed by atoms with Crippen molar-refractivity contribution >= 4 is 5.91 Å². The molecule has 7 heteroatoms. The number of imidazole rings is 1. The lowest BCUT2D eigenvalue weighted by molar-refractivity contribution is -0.136. The molecule has 0 aliphatic carbocycles. The molecule has 0 fully saturated rings. The molecule has 1 amide bonds. The summed E-state index contributed by atoms with van der Waals surface area (Å²) in [6, 6.07) is 3.88. The van der Waals surface area contributed by atoms with E-state index in [1.54, 1.807) is 12.4 Å². The largest absolute Gasteiger partial charge is 0.376 e. The molecule has 24 heavy (non-hydrogen) atoms. The molecule has 0 radical (unpaired) electrons. The molecule has 2 aromatic rings. The van der Waals surface area contributed by atoms with E-state index < -0.39 is 0 Å². The molecule has 0 bridgehead atoms. The fourth-order valence-electron chi connectivity index (χ4n) is 2.88. The Morgan fingerprint density at radius 2 is 2.12 bits per heavy atom. The molecule has 0 saturated heterocycles. The van der Waals surface area contributed by atoms with Gasteiger partial charge in [0.1, 0.15) is 6.61 Å². The molecular formula is C17H22N4O3. The van der Waals surface area contributed by atoms with Crippen molar-refractivity contribution in [1.82, 2.24) is 19.4 Å². The summed E-state index contributed by atoms with van der Waals surface area (Å²) in [4.78, 5) is 22.3. The van der Waals surface area contributed by atoms with Crippen molar-refractivity contribution in [2.75, 3.05) is 26.9 Å². The highest BCUT2D eigenvalue weighted by atomic mass is 16.5. The van der Waals surface area contributed by atoms with Crippen molar-refractivity contribution < 1.29 is 14.3 Å². The zero-order valence-electron chi connectivity index (χ0n) is 13.8. The van der Waals surface area contributed by atoms with Gasteiger partial charge >= 0.3 is 0 Å². The Balaban J connectivity index is 1.62. The maximum atomic E-state index is 12.2. The van der Waals surface area contributed by atoms with Gasteiger partial charge < -0.3 is 18.9 Å². The molecule has 1 aliphatic heterocycles. The molecule has 0 unspecified atom stereocenters. The summed E-state index contributed by atoms with van der Waals surface area (Å²) < 4.78 is 13.0. The second-order valence-electron chi connectivity index (χ2n) is 5.98. The molecule has 128 valence electrons. The average Bonchev–Trinajstić information content (AvgIpc) is 2.94. The molecular weight excluding hydrogens is 308 g/mol. The molecule has 3 heterocycles. The fourth-order valence-corrected chi connectivity index (χ4v) is 2.88. The van der Waals surface area contributed by atoms with Crippen molar-refractivity contribution in [3.63, 3.8) is 0 Å². The van der Waals surface area contributed by atoms with E-state index in [1.807, 2.05) is 29.6 Å². The van der Waals surface area contributed by atoms with Crippen molar-refractivity contribution in [3.8, 4) is 0 Å². The van der Waals surface area contributed by atoms with E-state index in [1.165, 1.54) is 7.11 Å². The van der Waals surface area contributed by atoms with Crippen LogP contribution < -0.4 is 0 Å². The zero-order chi connectivity index (χ0) is 16.8. The van der Waals surface area contributed by atoms with Crippen LogP contribution in [0.5, 0.6) is 0 Å². The average molecular weight is 330 g/mol. The quantitative estimate of drug-likeness (QED) is 0.793. The van der Waals surface area contributed by atoms with Gasteiger partial charge in [-0.05, 0) is 17.7 Å². The van der Waals surface area contributed by atoms with Crippen LogP contribution in [0.15, 0.2) is 37.1 Å². The number of carbonyl (C=O) groups is 1. The molecule has 2 aromatic heterocycles.